The average Bonchev–Trinajstić information content (AvgIpc) is 3.37. The molecule has 0 aliphatic heterocycles. The highest BCUT2D eigenvalue weighted by Crippen LogP contribution is 2.36. The number of phenols is 1. The number of rotatable bonds is 10. The number of benzene rings is 3. The third kappa shape index (κ3) is 6.06. The van der Waals surface area contributed by atoms with Gasteiger partial charge in [-0.05, 0) is 43.3 Å². The van der Waals surface area contributed by atoms with Gasteiger partial charge in [0.1, 0.15) is 5.75 Å². The van der Waals surface area contributed by atoms with Crippen molar-refractivity contribution in [2.45, 2.75) is 12.1 Å². The highest BCUT2D eigenvalue weighted by molar-refractivity contribution is 7.99. The first-order valence-corrected chi connectivity index (χ1v) is 12.5. The third-order valence-electron chi connectivity index (χ3n) is 5.51. The van der Waals surface area contributed by atoms with Crippen molar-refractivity contribution < 1.29 is 24.1 Å². The smallest absolute Gasteiger partial charge is 0.250 e. The van der Waals surface area contributed by atoms with Crippen LogP contribution in [0.15, 0.2) is 70.9 Å². The maximum Gasteiger partial charge on any atom is 0.250 e. The largest absolute Gasteiger partial charge is 0.502 e. The molecule has 1 heterocycles. The number of ether oxygens (including phenoxy) is 3. The monoisotopic (exact) mass is 533 g/mol. The van der Waals surface area contributed by atoms with Gasteiger partial charge in [0.25, 0.3) is 5.91 Å². The molecule has 0 saturated heterocycles. The van der Waals surface area contributed by atoms with Crippen molar-refractivity contribution in [3.63, 3.8) is 0 Å². The number of carbonyl (C=O) groups is 1. The van der Waals surface area contributed by atoms with Gasteiger partial charge in [-0.1, -0.05) is 41.6 Å². The van der Waals surface area contributed by atoms with Crippen LogP contribution in [0.2, 0.25) is 0 Å². The first-order chi connectivity index (χ1) is 18.4. The molecule has 38 heavy (non-hydrogen) atoms. The normalized spacial score (nSPS) is 10.9. The van der Waals surface area contributed by atoms with E-state index < -0.39 is 0 Å². The van der Waals surface area contributed by atoms with E-state index in [2.05, 4.69) is 20.7 Å². The molecule has 0 fully saturated rings. The summed E-state index contributed by atoms with van der Waals surface area (Å²) in [6.45, 7) is 2.02. The highest BCUT2D eigenvalue weighted by atomic mass is 32.2. The zero-order valence-electron chi connectivity index (χ0n) is 21.3. The summed E-state index contributed by atoms with van der Waals surface area (Å²) >= 11 is 1.24. The number of aromatic hydroxyl groups is 1. The maximum atomic E-state index is 12.5. The number of methoxy groups -OCH3 is 3. The van der Waals surface area contributed by atoms with E-state index in [1.807, 2.05) is 60.0 Å². The van der Waals surface area contributed by atoms with Crippen molar-refractivity contribution in [3.8, 4) is 40.1 Å². The van der Waals surface area contributed by atoms with Gasteiger partial charge in [-0.25, -0.2) is 5.43 Å². The lowest BCUT2D eigenvalue weighted by Crippen LogP contribution is -2.20. The van der Waals surface area contributed by atoms with E-state index in [0.29, 0.717) is 16.5 Å². The second kappa shape index (κ2) is 12.2. The number of hydrogen-bond donors (Lipinski definition) is 2. The molecule has 0 aliphatic rings. The number of nitrogens with one attached hydrogen (secondary N) is 1. The summed E-state index contributed by atoms with van der Waals surface area (Å²) in [7, 11) is 4.48. The minimum absolute atomic E-state index is 0.0573. The van der Waals surface area contributed by atoms with Crippen LogP contribution in [0, 0.1) is 6.92 Å². The number of hydrogen-bond acceptors (Lipinski definition) is 9. The van der Waals surface area contributed by atoms with Crippen molar-refractivity contribution in [2.24, 2.45) is 5.10 Å². The molecule has 11 heteroatoms. The molecule has 0 aliphatic carbocycles. The molecule has 4 aromatic rings. The van der Waals surface area contributed by atoms with E-state index in [0.717, 1.165) is 22.6 Å². The van der Waals surface area contributed by atoms with Gasteiger partial charge in [0, 0.05) is 16.8 Å². The van der Waals surface area contributed by atoms with Crippen molar-refractivity contribution >= 4 is 23.9 Å². The van der Waals surface area contributed by atoms with E-state index >= 15 is 0 Å². The molecule has 3 aromatic carbocycles. The number of carbonyl (C=O) groups excluding carboxylic acids is 1. The molecule has 0 spiro atoms. The zero-order valence-corrected chi connectivity index (χ0v) is 22.2. The Labute approximate surface area is 224 Å². The zero-order chi connectivity index (χ0) is 27.1. The number of amides is 1. The summed E-state index contributed by atoms with van der Waals surface area (Å²) in [6.07, 6.45) is 1.43. The van der Waals surface area contributed by atoms with E-state index in [4.69, 9.17) is 14.2 Å². The van der Waals surface area contributed by atoms with Crippen molar-refractivity contribution in [1.29, 1.82) is 0 Å². The predicted octanol–water partition coefficient (Wildman–Crippen LogP) is 4.22. The quantitative estimate of drug-likeness (QED) is 0.177. The number of aryl methyl sites for hydroxylation is 1. The van der Waals surface area contributed by atoms with Crippen LogP contribution in [0.1, 0.15) is 11.1 Å². The lowest BCUT2D eigenvalue weighted by atomic mass is 10.1. The van der Waals surface area contributed by atoms with Gasteiger partial charge in [0.05, 0.1) is 33.3 Å². The molecular formula is C27H27N5O5S. The number of phenolic OH excluding ortho intramolecular Hbond substituents is 1. The molecule has 0 atom stereocenters. The molecule has 0 bridgehead atoms. The summed E-state index contributed by atoms with van der Waals surface area (Å²) in [5.74, 6) is 1.47. The number of hydrazone groups is 1. The van der Waals surface area contributed by atoms with Gasteiger partial charge in [0.15, 0.2) is 22.5 Å². The standard InChI is InChI=1S/C27H27N5O5S/c1-17-5-7-19(8-6-17)26-30-31-27(32(26)20-9-11-21(35-2)12-10-20)38-16-24(33)29-28-15-18-13-22(36-3)25(34)23(14-18)37-4/h5-15,34H,16H2,1-4H3,(H,29,33)/b28-15+. The van der Waals surface area contributed by atoms with Gasteiger partial charge in [0.2, 0.25) is 5.75 Å². The van der Waals surface area contributed by atoms with E-state index in [-0.39, 0.29) is 28.9 Å². The summed E-state index contributed by atoms with van der Waals surface area (Å²) in [4.78, 5) is 12.5. The Kier molecular flexibility index (Phi) is 8.49. The molecular weight excluding hydrogens is 506 g/mol. The first-order valence-electron chi connectivity index (χ1n) is 11.5. The van der Waals surface area contributed by atoms with Crippen LogP contribution in [0.5, 0.6) is 23.0 Å². The van der Waals surface area contributed by atoms with Crippen molar-refractivity contribution in [1.82, 2.24) is 20.2 Å². The first kappa shape index (κ1) is 26.6. The molecule has 10 nitrogen and oxygen atoms in total. The lowest BCUT2D eigenvalue weighted by molar-refractivity contribution is -0.118. The molecule has 0 unspecified atom stereocenters. The fraction of sp³-hybridized carbons (Fsp3) is 0.185. The van der Waals surface area contributed by atoms with Crippen LogP contribution >= 0.6 is 11.8 Å². The van der Waals surface area contributed by atoms with Crippen LogP contribution < -0.4 is 19.6 Å². The van der Waals surface area contributed by atoms with Gasteiger partial charge in [-0.15, -0.1) is 10.2 Å². The molecule has 4 rings (SSSR count). The van der Waals surface area contributed by atoms with Crippen LogP contribution in [-0.4, -0.2) is 59.1 Å². The second-order valence-electron chi connectivity index (χ2n) is 8.06. The number of aromatic nitrogens is 3. The SMILES string of the molecule is COc1ccc(-n2c(SCC(=O)N/N=C/c3cc(OC)c(O)c(OC)c3)nnc2-c2ccc(C)cc2)cc1. The number of thioether (sulfide) groups is 1. The van der Waals surface area contributed by atoms with E-state index in [1.165, 1.54) is 32.2 Å². The Bertz CT molecular complexity index is 1410. The molecule has 1 aromatic heterocycles. The Balaban J connectivity index is 1.50. The minimum atomic E-state index is -0.329. The maximum absolute atomic E-state index is 12.5. The average molecular weight is 534 g/mol. The van der Waals surface area contributed by atoms with Crippen LogP contribution in [0.25, 0.3) is 17.1 Å². The Morgan fingerprint density at radius 3 is 2.26 bits per heavy atom. The molecule has 1 amide bonds. The Morgan fingerprint density at radius 1 is 1.00 bits per heavy atom. The van der Waals surface area contributed by atoms with Gasteiger partial charge in [-0.2, -0.15) is 5.10 Å². The van der Waals surface area contributed by atoms with Gasteiger partial charge in [-0.3, -0.25) is 9.36 Å². The third-order valence-corrected chi connectivity index (χ3v) is 6.44. The molecule has 0 radical (unpaired) electrons. The molecule has 0 saturated carbocycles. The lowest BCUT2D eigenvalue weighted by Gasteiger charge is -2.11. The summed E-state index contributed by atoms with van der Waals surface area (Å²) in [5, 5.41) is 23.4. The van der Waals surface area contributed by atoms with E-state index in [9.17, 15) is 9.90 Å². The predicted molar refractivity (Wildman–Crippen MR) is 146 cm³/mol. The molecule has 2 N–H and O–H groups in total. The summed E-state index contributed by atoms with van der Waals surface area (Å²) in [6, 6.07) is 18.7. The van der Waals surface area contributed by atoms with Crippen LogP contribution in [0.3, 0.4) is 0 Å². The highest BCUT2D eigenvalue weighted by Gasteiger charge is 2.17. The minimum Gasteiger partial charge on any atom is -0.502 e. The number of nitrogens with zero attached hydrogens (tertiary/aromatic N) is 4. The van der Waals surface area contributed by atoms with Crippen molar-refractivity contribution in [3.05, 3.63) is 71.8 Å². The second-order valence-corrected chi connectivity index (χ2v) is 9.00. The topological polar surface area (TPSA) is 120 Å². The van der Waals surface area contributed by atoms with Crippen LogP contribution in [0.4, 0.5) is 0 Å². The van der Waals surface area contributed by atoms with E-state index in [1.54, 1.807) is 19.2 Å². The molecule has 196 valence electrons. The van der Waals surface area contributed by atoms with Crippen LogP contribution in [-0.2, 0) is 4.79 Å². The fourth-order valence-corrected chi connectivity index (χ4v) is 4.29. The summed E-state index contributed by atoms with van der Waals surface area (Å²) < 4.78 is 17.5. The fourth-order valence-electron chi connectivity index (χ4n) is 3.55. The van der Waals surface area contributed by atoms with Gasteiger partial charge < -0.3 is 19.3 Å². The van der Waals surface area contributed by atoms with Gasteiger partial charge >= 0.3 is 0 Å². The van der Waals surface area contributed by atoms with Crippen molar-refractivity contribution in [2.75, 3.05) is 27.1 Å². The summed E-state index contributed by atoms with van der Waals surface area (Å²) in [5.41, 5.74) is 5.95. The Morgan fingerprint density at radius 2 is 1.66 bits per heavy atom. The Hall–Kier alpha value is -4.51.